The first-order valence-electron chi connectivity index (χ1n) is 11.4. The molecule has 1 rings (SSSR count). The Morgan fingerprint density at radius 3 is 1.64 bits per heavy atom. The molecule has 0 spiro atoms. The van der Waals surface area contributed by atoms with Crippen LogP contribution in [-0.4, -0.2) is 17.5 Å². The molecule has 0 aromatic heterocycles. The summed E-state index contributed by atoms with van der Waals surface area (Å²) in [4.78, 5) is 2.50. The molecule has 0 aromatic carbocycles. The van der Waals surface area contributed by atoms with Crippen LogP contribution in [-0.2, 0) is 0 Å². The van der Waals surface area contributed by atoms with Crippen molar-refractivity contribution in [1.82, 2.24) is 4.90 Å². The van der Waals surface area contributed by atoms with Gasteiger partial charge in [-0.3, -0.25) is 0 Å². The Bertz CT molecular complexity index is 355. The standard InChI is InChI=1S/C24H45N/c1-4-5-6-7-8-9-10-11-12-13-14-15-16-17-18-21-25-22-19-20-23(2)24(25)3/h19-20,22,24H,4-18,21H2,1-3H3. The predicted octanol–water partition coefficient (Wildman–Crippen LogP) is 8.02. The molecule has 1 atom stereocenters. The zero-order chi connectivity index (χ0) is 18.2. The molecule has 0 aliphatic carbocycles. The molecule has 146 valence electrons. The fraction of sp³-hybridized carbons (Fsp3) is 0.833. The quantitative estimate of drug-likeness (QED) is 0.255. The van der Waals surface area contributed by atoms with Crippen molar-refractivity contribution in [1.29, 1.82) is 0 Å². The van der Waals surface area contributed by atoms with E-state index in [9.17, 15) is 0 Å². The van der Waals surface area contributed by atoms with Crippen molar-refractivity contribution >= 4 is 0 Å². The summed E-state index contributed by atoms with van der Waals surface area (Å²) in [7, 11) is 0. The minimum Gasteiger partial charge on any atom is -0.371 e. The van der Waals surface area contributed by atoms with Crippen LogP contribution in [0.1, 0.15) is 117 Å². The van der Waals surface area contributed by atoms with Gasteiger partial charge in [-0.25, -0.2) is 0 Å². The number of hydrogen-bond acceptors (Lipinski definition) is 1. The van der Waals surface area contributed by atoms with Crippen LogP contribution in [0.25, 0.3) is 0 Å². The molecule has 0 radical (unpaired) electrons. The molecule has 0 fully saturated rings. The molecule has 1 heteroatoms. The Morgan fingerprint density at radius 2 is 1.16 bits per heavy atom. The second-order valence-electron chi connectivity index (χ2n) is 8.12. The summed E-state index contributed by atoms with van der Waals surface area (Å²) < 4.78 is 0. The number of unbranched alkanes of at least 4 members (excludes halogenated alkanes) is 14. The van der Waals surface area contributed by atoms with Crippen LogP contribution in [0, 0.1) is 0 Å². The van der Waals surface area contributed by atoms with E-state index in [-0.39, 0.29) is 0 Å². The monoisotopic (exact) mass is 347 g/mol. The van der Waals surface area contributed by atoms with Crippen LogP contribution in [0.15, 0.2) is 23.9 Å². The molecule has 0 N–H and O–H groups in total. The normalized spacial score (nSPS) is 17.2. The summed E-state index contributed by atoms with van der Waals surface area (Å²) in [5, 5.41) is 0. The first-order valence-corrected chi connectivity index (χ1v) is 11.4. The number of hydrogen-bond donors (Lipinski definition) is 0. The molecule has 0 bridgehead atoms. The van der Waals surface area contributed by atoms with Crippen molar-refractivity contribution in [2.75, 3.05) is 6.54 Å². The van der Waals surface area contributed by atoms with Gasteiger partial charge in [0.25, 0.3) is 0 Å². The number of allylic oxidation sites excluding steroid dienone is 2. The molecule has 25 heavy (non-hydrogen) atoms. The molecule has 1 nitrogen and oxygen atoms in total. The summed E-state index contributed by atoms with van der Waals surface area (Å²) >= 11 is 0. The average molecular weight is 348 g/mol. The molecule has 0 saturated heterocycles. The molecular weight excluding hydrogens is 302 g/mol. The van der Waals surface area contributed by atoms with Gasteiger partial charge in [0, 0.05) is 12.6 Å². The van der Waals surface area contributed by atoms with Crippen LogP contribution in [0.2, 0.25) is 0 Å². The molecule has 1 unspecified atom stereocenters. The van der Waals surface area contributed by atoms with E-state index in [1.54, 1.807) is 0 Å². The first kappa shape index (κ1) is 22.3. The van der Waals surface area contributed by atoms with Crippen molar-refractivity contribution in [3.8, 4) is 0 Å². The van der Waals surface area contributed by atoms with Crippen LogP contribution < -0.4 is 0 Å². The third-order valence-corrected chi connectivity index (χ3v) is 5.81. The lowest BCUT2D eigenvalue weighted by molar-refractivity contribution is 0.311. The van der Waals surface area contributed by atoms with E-state index in [1.165, 1.54) is 108 Å². The summed E-state index contributed by atoms with van der Waals surface area (Å²) in [6.07, 6.45) is 28.3. The highest BCUT2D eigenvalue weighted by atomic mass is 15.1. The van der Waals surface area contributed by atoms with Gasteiger partial charge < -0.3 is 4.90 Å². The van der Waals surface area contributed by atoms with Crippen molar-refractivity contribution < 1.29 is 0 Å². The van der Waals surface area contributed by atoms with Crippen LogP contribution >= 0.6 is 0 Å². The summed E-state index contributed by atoms with van der Waals surface area (Å²) in [5.74, 6) is 0. The topological polar surface area (TPSA) is 3.24 Å². The van der Waals surface area contributed by atoms with E-state index < -0.39 is 0 Å². The molecular formula is C24H45N. The third kappa shape index (κ3) is 11.5. The van der Waals surface area contributed by atoms with Gasteiger partial charge >= 0.3 is 0 Å². The van der Waals surface area contributed by atoms with Crippen molar-refractivity contribution in [2.45, 2.75) is 123 Å². The minimum atomic E-state index is 0.594. The Kier molecular flexibility index (Phi) is 13.9. The van der Waals surface area contributed by atoms with Crippen LogP contribution in [0.5, 0.6) is 0 Å². The second kappa shape index (κ2) is 15.5. The van der Waals surface area contributed by atoms with Gasteiger partial charge in [0.05, 0.1) is 0 Å². The highest BCUT2D eigenvalue weighted by Crippen LogP contribution is 2.17. The molecule has 0 aromatic rings. The van der Waals surface area contributed by atoms with Gasteiger partial charge in [0.2, 0.25) is 0 Å². The number of nitrogens with zero attached hydrogens (tertiary/aromatic N) is 1. The van der Waals surface area contributed by atoms with Gasteiger partial charge in [0.1, 0.15) is 0 Å². The maximum absolute atomic E-state index is 2.50. The lowest BCUT2D eigenvalue weighted by atomic mass is 10.0. The average Bonchev–Trinajstić information content (AvgIpc) is 2.61. The van der Waals surface area contributed by atoms with E-state index >= 15 is 0 Å². The van der Waals surface area contributed by atoms with Crippen LogP contribution in [0.4, 0.5) is 0 Å². The smallest absolute Gasteiger partial charge is 0.0468 e. The first-order chi connectivity index (χ1) is 12.3. The second-order valence-corrected chi connectivity index (χ2v) is 8.12. The molecule has 1 heterocycles. The lowest BCUT2D eigenvalue weighted by Gasteiger charge is -2.30. The molecule has 1 aliphatic heterocycles. The van der Waals surface area contributed by atoms with Gasteiger partial charge in [-0.05, 0) is 32.5 Å². The summed E-state index contributed by atoms with van der Waals surface area (Å²) in [6.45, 7) is 8.08. The maximum Gasteiger partial charge on any atom is 0.0468 e. The number of rotatable bonds is 16. The van der Waals surface area contributed by atoms with Crippen molar-refractivity contribution in [3.05, 3.63) is 23.9 Å². The highest BCUT2D eigenvalue weighted by Gasteiger charge is 2.13. The van der Waals surface area contributed by atoms with E-state index in [1.807, 2.05) is 0 Å². The fourth-order valence-electron chi connectivity index (χ4n) is 3.77. The summed E-state index contributed by atoms with van der Waals surface area (Å²) in [6, 6.07) is 0.594. The van der Waals surface area contributed by atoms with Gasteiger partial charge in [-0.2, -0.15) is 0 Å². The lowest BCUT2D eigenvalue weighted by Crippen LogP contribution is -2.31. The maximum atomic E-state index is 2.50. The Hall–Kier alpha value is -0.720. The Morgan fingerprint density at radius 1 is 0.720 bits per heavy atom. The Labute approximate surface area is 159 Å². The van der Waals surface area contributed by atoms with E-state index in [0.717, 1.165) is 0 Å². The molecule has 0 amide bonds. The van der Waals surface area contributed by atoms with Crippen molar-refractivity contribution in [3.63, 3.8) is 0 Å². The SMILES string of the molecule is CCCCCCCCCCCCCCCCCN1C=CC=C(C)C1C. The van der Waals surface area contributed by atoms with Gasteiger partial charge in [-0.15, -0.1) is 0 Å². The van der Waals surface area contributed by atoms with E-state index in [0.29, 0.717) is 6.04 Å². The van der Waals surface area contributed by atoms with E-state index in [4.69, 9.17) is 0 Å². The van der Waals surface area contributed by atoms with Gasteiger partial charge in [-0.1, -0.05) is 108 Å². The Balaban J connectivity index is 1.78. The van der Waals surface area contributed by atoms with Crippen LogP contribution in [0.3, 0.4) is 0 Å². The largest absolute Gasteiger partial charge is 0.371 e. The highest BCUT2D eigenvalue weighted by molar-refractivity contribution is 5.20. The van der Waals surface area contributed by atoms with E-state index in [2.05, 4.69) is 44.0 Å². The predicted molar refractivity (Wildman–Crippen MR) is 114 cm³/mol. The fourth-order valence-corrected chi connectivity index (χ4v) is 3.77. The minimum absolute atomic E-state index is 0.594. The summed E-state index contributed by atoms with van der Waals surface area (Å²) in [5.41, 5.74) is 1.49. The zero-order valence-corrected chi connectivity index (χ0v) is 17.6. The molecule has 1 aliphatic rings. The zero-order valence-electron chi connectivity index (χ0n) is 17.6. The van der Waals surface area contributed by atoms with Gasteiger partial charge in [0.15, 0.2) is 0 Å². The van der Waals surface area contributed by atoms with Crippen molar-refractivity contribution in [2.24, 2.45) is 0 Å². The molecule has 0 saturated carbocycles. The third-order valence-electron chi connectivity index (χ3n) is 5.81.